The molecule has 0 aliphatic carbocycles. The van der Waals surface area contributed by atoms with Gasteiger partial charge in [0.2, 0.25) is 0 Å². The van der Waals surface area contributed by atoms with Gasteiger partial charge in [-0.2, -0.15) is 0 Å². The summed E-state index contributed by atoms with van der Waals surface area (Å²) >= 11 is 0. The second-order valence-electron chi connectivity index (χ2n) is 7.39. The second-order valence-corrected chi connectivity index (χ2v) is 7.39. The highest BCUT2D eigenvalue weighted by Gasteiger charge is 2.23. The molecule has 25 heavy (non-hydrogen) atoms. The van der Waals surface area contributed by atoms with Crippen LogP contribution >= 0.6 is 0 Å². The van der Waals surface area contributed by atoms with Gasteiger partial charge in [-0.3, -0.25) is 4.99 Å². The number of hydrogen-bond acceptors (Lipinski definition) is 4. The van der Waals surface area contributed by atoms with Gasteiger partial charge in [0.25, 0.3) is 0 Å². The van der Waals surface area contributed by atoms with E-state index in [9.17, 15) is 0 Å². The Labute approximate surface area is 151 Å². The summed E-state index contributed by atoms with van der Waals surface area (Å²) < 4.78 is 2.26. The van der Waals surface area contributed by atoms with Crippen LogP contribution in [-0.2, 0) is 13.0 Å². The number of fused-ring (bicyclic) bond motifs is 1. The Kier molecular flexibility index (Phi) is 6.29. The zero-order valence-electron chi connectivity index (χ0n) is 16.0. The van der Waals surface area contributed by atoms with E-state index in [4.69, 9.17) is 0 Å². The summed E-state index contributed by atoms with van der Waals surface area (Å²) in [6.45, 7) is 9.87. The van der Waals surface area contributed by atoms with E-state index in [0.717, 1.165) is 43.5 Å². The van der Waals surface area contributed by atoms with Crippen molar-refractivity contribution in [2.45, 2.75) is 58.5 Å². The van der Waals surface area contributed by atoms with Gasteiger partial charge in [-0.05, 0) is 45.1 Å². The van der Waals surface area contributed by atoms with Crippen LogP contribution in [-0.4, -0.2) is 64.9 Å². The summed E-state index contributed by atoms with van der Waals surface area (Å²) in [5.74, 6) is 3.71. The fraction of sp³-hybridized carbons (Fsp3) is 0.833. The van der Waals surface area contributed by atoms with Gasteiger partial charge in [-0.15, -0.1) is 10.2 Å². The Hall–Kier alpha value is -1.63. The molecule has 0 amide bonds. The molecule has 140 valence electrons. The van der Waals surface area contributed by atoms with Gasteiger partial charge in [0, 0.05) is 45.7 Å². The maximum Gasteiger partial charge on any atom is 0.191 e. The van der Waals surface area contributed by atoms with Crippen LogP contribution in [0.5, 0.6) is 0 Å². The Morgan fingerprint density at radius 2 is 2.04 bits per heavy atom. The number of guanidine groups is 1. The summed E-state index contributed by atoms with van der Waals surface area (Å²) in [5, 5.41) is 15.6. The van der Waals surface area contributed by atoms with E-state index < -0.39 is 0 Å². The predicted molar refractivity (Wildman–Crippen MR) is 101 cm³/mol. The van der Waals surface area contributed by atoms with E-state index in [1.54, 1.807) is 0 Å². The predicted octanol–water partition coefficient (Wildman–Crippen LogP) is 1.19. The lowest BCUT2D eigenvalue weighted by Crippen LogP contribution is -2.49. The zero-order chi connectivity index (χ0) is 17.6. The maximum atomic E-state index is 4.42. The van der Waals surface area contributed by atoms with Crippen LogP contribution in [0.1, 0.15) is 44.3 Å². The van der Waals surface area contributed by atoms with Crippen molar-refractivity contribution in [1.82, 2.24) is 30.3 Å². The number of rotatable bonds is 5. The third-order valence-corrected chi connectivity index (χ3v) is 5.48. The quantitative estimate of drug-likeness (QED) is 0.618. The molecule has 7 heteroatoms. The summed E-state index contributed by atoms with van der Waals surface area (Å²) in [4.78, 5) is 6.99. The van der Waals surface area contributed by atoms with E-state index in [1.807, 2.05) is 14.0 Å². The molecule has 0 radical (unpaired) electrons. The molecule has 2 aliphatic heterocycles. The minimum atomic E-state index is 0.539. The monoisotopic (exact) mass is 347 g/mol. The summed E-state index contributed by atoms with van der Waals surface area (Å²) in [7, 11) is 1.87. The molecular formula is C18H33N7. The highest BCUT2D eigenvalue weighted by atomic mass is 15.3. The van der Waals surface area contributed by atoms with Crippen LogP contribution < -0.4 is 10.6 Å². The number of aliphatic imine (C=N–C) groups is 1. The number of nitrogens with zero attached hydrogens (tertiary/aromatic N) is 5. The van der Waals surface area contributed by atoms with Gasteiger partial charge in [-0.1, -0.05) is 6.92 Å². The molecular weight excluding hydrogens is 314 g/mol. The molecule has 1 fully saturated rings. The molecule has 0 saturated carbocycles. The lowest BCUT2D eigenvalue weighted by molar-refractivity contribution is 0.206. The lowest BCUT2D eigenvalue weighted by Gasteiger charge is -2.33. The van der Waals surface area contributed by atoms with Crippen LogP contribution in [0.3, 0.4) is 0 Å². The van der Waals surface area contributed by atoms with Gasteiger partial charge < -0.3 is 20.1 Å². The van der Waals surface area contributed by atoms with E-state index in [-0.39, 0.29) is 0 Å². The first-order valence-corrected chi connectivity index (χ1v) is 9.77. The highest BCUT2D eigenvalue weighted by Crippen LogP contribution is 2.19. The Morgan fingerprint density at radius 1 is 1.24 bits per heavy atom. The first-order valence-electron chi connectivity index (χ1n) is 9.77. The molecule has 1 atom stereocenters. The highest BCUT2D eigenvalue weighted by molar-refractivity contribution is 5.79. The first-order chi connectivity index (χ1) is 12.2. The van der Waals surface area contributed by atoms with Crippen molar-refractivity contribution < 1.29 is 0 Å². The Bertz CT molecular complexity index is 572. The minimum Gasteiger partial charge on any atom is -0.356 e. The van der Waals surface area contributed by atoms with Crippen molar-refractivity contribution in [3.05, 3.63) is 11.6 Å². The summed E-state index contributed by atoms with van der Waals surface area (Å²) in [6.07, 6.45) is 5.84. The second kappa shape index (κ2) is 8.65. The van der Waals surface area contributed by atoms with Gasteiger partial charge >= 0.3 is 0 Å². The van der Waals surface area contributed by atoms with Crippen molar-refractivity contribution in [1.29, 1.82) is 0 Å². The molecule has 7 nitrogen and oxygen atoms in total. The number of nitrogens with one attached hydrogen (secondary N) is 2. The molecule has 3 heterocycles. The van der Waals surface area contributed by atoms with Gasteiger partial charge in [-0.25, -0.2) is 0 Å². The van der Waals surface area contributed by atoms with Crippen LogP contribution in [0.2, 0.25) is 0 Å². The van der Waals surface area contributed by atoms with E-state index in [0.29, 0.717) is 12.0 Å². The van der Waals surface area contributed by atoms with Crippen molar-refractivity contribution in [2.75, 3.05) is 33.2 Å². The van der Waals surface area contributed by atoms with E-state index in [2.05, 4.69) is 42.2 Å². The standard InChI is InChI=1S/C18H33N7/c1-4-9-24-10-7-16(8-11-24)21-18(19-3)20-12-15-5-6-17-23-22-14(2)25(17)13-15/h15-16H,4-13H2,1-3H3,(H2,19,20,21). The van der Waals surface area contributed by atoms with Crippen LogP contribution in [0.25, 0.3) is 0 Å². The van der Waals surface area contributed by atoms with Crippen LogP contribution in [0, 0.1) is 12.8 Å². The third kappa shape index (κ3) is 4.71. The molecule has 3 rings (SSSR count). The number of aromatic nitrogens is 3. The molecule has 2 aliphatic rings. The van der Waals surface area contributed by atoms with E-state index >= 15 is 0 Å². The molecule has 2 N–H and O–H groups in total. The number of piperidine rings is 1. The van der Waals surface area contributed by atoms with Crippen LogP contribution in [0.4, 0.5) is 0 Å². The van der Waals surface area contributed by atoms with Crippen molar-refractivity contribution >= 4 is 5.96 Å². The van der Waals surface area contributed by atoms with Crippen molar-refractivity contribution in [3.63, 3.8) is 0 Å². The van der Waals surface area contributed by atoms with Gasteiger partial charge in [0.1, 0.15) is 11.6 Å². The Morgan fingerprint density at radius 3 is 2.76 bits per heavy atom. The molecule has 0 aromatic carbocycles. The molecule has 1 aromatic rings. The smallest absolute Gasteiger partial charge is 0.191 e. The largest absolute Gasteiger partial charge is 0.356 e. The molecule has 0 spiro atoms. The summed E-state index contributed by atoms with van der Waals surface area (Å²) in [5.41, 5.74) is 0. The zero-order valence-corrected chi connectivity index (χ0v) is 16.0. The van der Waals surface area contributed by atoms with Crippen molar-refractivity contribution in [3.8, 4) is 0 Å². The molecule has 0 bridgehead atoms. The Balaban J connectivity index is 1.42. The first kappa shape index (κ1) is 18.2. The van der Waals surface area contributed by atoms with Gasteiger partial charge in [0.15, 0.2) is 5.96 Å². The minimum absolute atomic E-state index is 0.539. The third-order valence-electron chi connectivity index (χ3n) is 5.48. The normalized spacial score (nSPS) is 22.7. The average Bonchev–Trinajstić information content (AvgIpc) is 3.01. The average molecular weight is 348 g/mol. The van der Waals surface area contributed by atoms with Crippen LogP contribution in [0.15, 0.2) is 4.99 Å². The lowest BCUT2D eigenvalue weighted by atomic mass is 9.99. The number of aryl methyl sites for hydroxylation is 2. The number of likely N-dealkylation sites (tertiary alicyclic amines) is 1. The summed E-state index contributed by atoms with van der Waals surface area (Å²) in [6, 6.07) is 0.539. The fourth-order valence-corrected chi connectivity index (χ4v) is 3.94. The molecule has 1 saturated heterocycles. The van der Waals surface area contributed by atoms with Gasteiger partial charge in [0.05, 0.1) is 0 Å². The topological polar surface area (TPSA) is 70.4 Å². The van der Waals surface area contributed by atoms with E-state index in [1.165, 1.54) is 38.9 Å². The number of hydrogen-bond donors (Lipinski definition) is 2. The molecule has 1 unspecified atom stereocenters. The fourth-order valence-electron chi connectivity index (χ4n) is 3.94. The SMILES string of the molecule is CCCN1CCC(NC(=NC)NCC2CCc3nnc(C)n3C2)CC1. The maximum absolute atomic E-state index is 4.42. The molecule has 1 aromatic heterocycles. The van der Waals surface area contributed by atoms with Crippen molar-refractivity contribution in [2.24, 2.45) is 10.9 Å².